The number of hydrogen-bond acceptors (Lipinski definition) is 2. The lowest BCUT2D eigenvalue weighted by Gasteiger charge is -2.11. The van der Waals surface area contributed by atoms with Gasteiger partial charge in [0.2, 0.25) is 0 Å². The second-order valence-electron chi connectivity index (χ2n) is 4.02. The number of hydrogen-bond donors (Lipinski definition) is 0. The van der Waals surface area contributed by atoms with Crippen LogP contribution in [0.2, 0.25) is 0 Å². The third-order valence-corrected chi connectivity index (χ3v) is 2.96. The lowest BCUT2D eigenvalue weighted by atomic mass is 9.98. The standard InChI is InChI=1S/C12H17NO/c1-13-7-6-11(9-13)10-4-3-5-12(8-10)14-2/h3-5,8,11H,6-7,9H2,1-2H3/t11-/m0/s1. The van der Waals surface area contributed by atoms with E-state index in [9.17, 15) is 0 Å². The van der Waals surface area contributed by atoms with Gasteiger partial charge in [0.25, 0.3) is 0 Å². The molecule has 2 nitrogen and oxygen atoms in total. The largest absolute Gasteiger partial charge is 0.497 e. The van der Waals surface area contributed by atoms with Gasteiger partial charge in [-0.1, -0.05) is 12.1 Å². The fraction of sp³-hybridized carbons (Fsp3) is 0.500. The Labute approximate surface area is 85.5 Å². The first kappa shape index (κ1) is 9.53. The van der Waals surface area contributed by atoms with Crippen LogP contribution in [0.4, 0.5) is 0 Å². The number of ether oxygens (including phenoxy) is 1. The van der Waals surface area contributed by atoms with E-state index in [4.69, 9.17) is 4.74 Å². The number of methoxy groups -OCH3 is 1. The molecule has 0 unspecified atom stereocenters. The van der Waals surface area contributed by atoms with E-state index in [-0.39, 0.29) is 0 Å². The Hall–Kier alpha value is -1.02. The molecule has 1 aliphatic heterocycles. The van der Waals surface area contributed by atoms with Gasteiger partial charge in [0.05, 0.1) is 7.11 Å². The van der Waals surface area contributed by atoms with Crippen LogP contribution in [-0.4, -0.2) is 32.1 Å². The molecule has 2 rings (SSSR count). The lowest BCUT2D eigenvalue weighted by Crippen LogP contribution is -2.13. The molecule has 0 aromatic heterocycles. The molecule has 0 amide bonds. The Morgan fingerprint density at radius 3 is 2.93 bits per heavy atom. The van der Waals surface area contributed by atoms with Crippen LogP contribution >= 0.6 is 0 Å². The second kappa shape index (κ2) is 4.01. The van der Waals surface area contributed by atoms with E-state index in [1.54, 1.807) is 7.11 Å². The molecule has 0 spiro atoms. The first-order chi connectivity index (χ1) is 6.79. The van der Waals surface area contributed by atoms with E-state index >= 15 is 0 Å². The Morgan fingerprint density at radius 1 is 1.43 bits per heavy atom. The molecule has 1 aliphatic rings. The number of likely N-dealkylation sites (N-methyl/N-ethyl adjacent to an activating group) is 1. The molecule has 0 N–H and O–H groups in total. The van der Waals surface area contributed by atoms with Crippen LogP contribution in [0.15, 0.2) is 24.3 Å². The van der Waals surface area contributed by atoms with Crippen molar-refractivity contribution in [1.82, 2.24) is 4.90 Å². The van der Waals surface area contributed by atoms with Gasteiger partial charge in [-0.15, -0.1) is 0 Å². The molecule has 2 heteroatoms. The van der Waals surface area contributed by atoms with Crippen LogP contribution in [0.3, 0.4) is 0 Å². The van der Waals surface area contributed by atoms with Crippen LogP contribution < -0.4 is 4.74 Å². The Bertz CT molecular complexity index is 311. The van der Waals surface area contributed by atoms with Crippen molar-refractivity contribution >= 4 is 0 Å². The normalized spacial score (nSPS) is 22.6. The van der Waals surface area contributed by atoms with Crippen molar-refractivity contribution in [1.29, 1.82) is 0 Å². The number of likely N-dealkylation sites (tertiary alicyclic amines) is 1. The smallest absolute Gasteiger partial charge is 0.119 e. The Morgan fingerprint density at radius 2 is 2.29 bits per heavy atom. The average molecular weight is 191 g/mol. The Kier molecular flexibility index (Phi) is 2.73. The molecule has 1 heterocycles. The summed E-state index contributed by atoms with van der Waals surface area (Å²) in [5, 5.41) is 0. The van der Waals surface area contributed by atoms with Crippen molar-refractivity contribution < 1.29 is 4.74 Å². The topological polar surface area (TPSA) is 12.5 Å². The number of benzene rings is 1. The SMILES string of the molecule is COc1cccc([C@H]2CCN(C)C2)c1. The van der Waals surface area contributed by atoms with E-state index in [0.717, 1.165) is 5.75 Å². The zero-order valence-corrected chi connectivity index (χ0v) is 8.86. The van der Waals surface area contributed by atoms with Gasteiger partial charge < -0.3 is 9.64 Å². The van der Waals surface area contributed by atoms with E-state index in [1.807, 2.05) is 6.07 Å². The van der Waals surface area contributed by atoms with Crippen molar-refractivity contribution in [3.8, 4) is 5.75 Å². The lowest BCUT2D eigenvalue weighted by molar-refractivity contribution is 0.408. The fourth-order valence-electron chi connectivity index (χ4n) is 2.10. The van der Waals surface area contributed by atoms with E-state index in [1.165, 1.54) is 25.1 Å². The summed E-state index contributed by atoms with van der Waals surface area (Å²) in [6.45, 7) is 2.38. The average Bonchev–Trinajstić information content (AvgIpc) is 2.65. The predicted molar refractivity (Wildman–Crippen MR) is 57.8 cm³/mol. The summed E-state index contributed by atoms with van der Waals surface area (Å²) < 4.78 is 5.23. The van der Waals surface area contributed by atoms with Crippen molar-refractivity contribution in [2.24, 2.45) is 0 Å². The van der Waals surface area contributed by atoms with Crippen LogP contribution in [-0.2, 0) is 0 Å². The summed E-state index contributed by atoms with van der Waals surface area (Å²) in [4.78, 5) is 2.38. The second-order valence-corrected chi connectivity index (χ2v) is 4.02. The minimum Gasteiger partial charge on any atom is -0.497 e. The number of nitrogens with zero attached hydrogens (tertiary/aromatic N) is 1. The molecule has 14 heavy (non-hydrogen) atoms. The molecule has 0 saturated carbocycles. The van der Waals surface area contributed by atoms with Crippen molar-refractivity contribution in [2.45, 2.75) is 12.3 Å². The van der Waals surface area contributed by atoms with Crippen LogP contribution in [0.25, 0.3) is 0 Å². The van der Waals surface area contributed by atoms with Crippen molar-refractivity contribution in [3.05, 3.63) is 29.8 Å². The van der Waals surface area contributed by atoms with Gasteiger partial charge >= 0.3 is 0 Å². The fourth-order valence-corrected chi connectivity index (χ4v) is 2.10. The molecule has 1 aromatic rings. The highest BCUT2D eigenvalue weighted by molar-refractivity contribution is 5.31. The third kappa shape index (κ3) is 1.90. The highest BCUT2D eigenvalue weighted by atomic mass is 16.5. The maximum atomic E-state index is 5.23. The molecular formula is C12H17NO. The van der Waals surface area contributed by atoms with Gasteiger partial charge in [0, 0.05) is 6.54 Å². The Balaban J connectivity index is 2.15. The van der Waals surface area contributed by atoms with E-state index < -0.39 is 0 Å². The highest BCUT2D eigenvalue weighted by Crippen LogP contribution is 2.28. The summed E-state index contributed by atoms with van der Waals surface area (Å²) in [7, 11) is 3.90. The summed E-state index contributed by atoms with van der Waals surface area (Å²) >= 11 is 0. The van der Waals surface area contributed by atoms with E-state index in [0.29, 0.717) is 5.92 Å². The molecule has 1 saturated heterocycles. The predicted octanol–water partition coefficient (Wildman–Crippen LogP) is 2.11. The van der Waals surface area contributed by atoms with Gasteiger partial charge in [-0.25, -0.2) is 0 Å². The summed E-state index contributed by atoms with van der Waals surface area (Å²) in [6.07, 6.45) is 1.27. The quantitative estimate of drug-likeness (QED) is 0.710. The molecule has 0 radical (unpaired) electrons. The molecule has 0 aliphatic carbocycles. The summed E-state index contributed by atoms with van der Waals surface area (Å²) in [5.74, 6) is 1.66. The molecule has 1 aromatic carbocycles. The van der Waals surface area contributed by atoms with Crippen LogP contribution in [0.1, 0.15) is 17.9 Å². The van der Waals surface area contributed by atoms with Crippen molar-refractivity contribution in [3.63, 3.8) is 0 Å². The minimum atomic E-state index is 0.690. The summed E-state index contributed by atoms with van der Waals surface area (Å²) in [5.41, 5.74) is 1.41. The number of rotatable bonds is 2. The first-order valence-electron chi connectivity index (χ1n) is 5.12. The zero-order chi connectivity index (χ0) is 9.97. The summed E-state index contributed by atoms with van der Waals surface area (Å²) in [6, 6.07) is 8.44. The zero-order valence-electron chi connectivity index (χ0n) is 8.86. The monoisotopic (exact) mass is 191 g/mol. The molecule has 1 fully saturated rings. The maximum Gasteiger partial charge on any atom is 0.119 e. The first-order valence-corrected chi connectivity index (χ1v) is 5.12. The minimum absolute atomic E-state index is 0.690. The van der Waals surface area contributed by atoms with Crippen LogP contribution in [0, 0.1) is 0 Å². The molecule has 0 bridgehead atoms. The van der Waals surface area contributed by atoms with Gasteiger partial charge in [-0.2, -0.15) is 0 Å². The van der Waals surface area contributed by atoms with Gasteiger partial charge in [-0.3, -0.25) is 0 Å². The molecular weight excluding hydrogens is 174 g/mol. The maximum absolute atomic E-state index is 5.23. The third-order valence-electron chi connectivity index (χ3n) is 2.96. The van der Waals surface area contributed by atoms with Gasteiger partial charge in [0.1, 0.15) is 5.75 Å². The van der Waals surface area contributed by atoms with Gasteiger partial charge in [0.15, 0.2) is 0 Å². The van der Waals surface area contributed by atoms with Crippen molar-refractivity contribution in [2.75, 3.05) is 27.2 Å². The van der Waals surface area contributed by atoms with E-state index in [2.05, 4.69) is 30.1 Å². The van der Waals surface area contributed by atoms with Crippen LogP contribution in [0.5, 0.6) is 5.75 Å². The molecule has 1 atom stereocenters. The highest BCUT2D eigenvalue weighted by Gasteiger charge is 2.20. The molecule has 76 valence electrons. The van der Waals surface area contributed by atoms with Gasteiger partial charge in [-0.05, 0) is 43.6 Å².